The van der Waals surface area contributed by atoms with Crippen molar-refractivity contribution >= 4 is 29.3 Å². The smallest absolute Gasteiger partial charge is 0.318 e. The number of rotatable bonds is 6. The van der Waals surface area contributed by atoms with Gasteiger partial charge in [0.05, 0.1) is 5.02 Å². The maximum atomic E-state index is 12.4. The van der Waals surface area contributed by atoms with Gasteiger partial charge in [-0.1, -0.05) is 42.7 Å². The Morgan fingerprint density at radius 2 is 1.81 bits per heavy atom. The summed E-state index contributed by atoms with van der Waals surface area (Å²) >= 11 is 6.04. The molecule has 1 aliphatic heterocycles. The van der Waals surface area contributed by atoms with E-state index < -0.39 is 0 Å². The van der Waals surface area contributed by atoms with Crippen LogP contribution in [0.2, 0.25) is 5.02 Å². The highest BCUT2D eigenvalue weighted by molar-refractivity contribution is 6.34. The van der Waals surface area contributed by atoms with Crippen molar-refractivity contribution in [2.45, 2.75) is 32.6 Å². The minimum absolute atomic E-state index is 0.0246. The van der Waals surface area contributed by atoms with Gasteiger partial charge in [-0.2, -0.15) is 0 Å². The molecule has 0 aliphatic carbocycles. The normalized spacial score (nSPS) is 14.7. The molecule has 2 heterocycles. The Bertz CT molecular complexity index is 813. The van der Waals surface area contributed by atoms with Crippen LogP contribution in [0.15, 0.2) is 28.7 Å². The molecule has 1 fully saturated rings. The molecule has 1 aromatic heterocycles. The van der Waals surface area contributed by atoms with Crippen molar-refractivity contribution < 1.29 is 14.0 Å². The van der Waals surface area contributed by atoms with E-state index in [-0.39, 0.29) is 30.4 Å². The van der Waals surface area contributed by atoms with Gasteiger partial charge in [-0.15, -0.1) is 5.10 Å². The molecule has 0 atom stereocenters. The van der Waals surface area contributed by atoms with Crippen molar-refractivity contribution in [3.05, 3.63) is 40.7 Å². The zero-order valence-corrected chi connectivity index (χ0v) is 16.3. The Morgan fingerprint density at radius 1 is 1.11 bits per heavy atom. The number of Topliss-reactive ketones (excluding diaryl/α,β-unsaturated/α-hetero) is 1. The maximum Gasteiger partial charge on any atom is 0.318 e. The van der Waals surface area contributed by atoms with Gasteiger partial charge in [0.15, 0.2) is 5.78 Å². The molecule has 0 unspecified atom stereocenters. The molecule has 0 saturated carbocycles. The molecule has 0 bridgehead atoms. The van der Waals surface area contributed by atoms with Crippen LogP contribution in [-0.4, -0.2) is 53.0 Å². The maximum absolute atomic E-state index is 12.4. The molecular formula is C19H23ClN4O3. The van der Waals surface area contributed by atoms with Crippen LogP contribution in [0.3, 0.4) is 0 Å². The number of anilines is 1. The van der Waals surface area contributed by atoms with Crippen molar-refractivity contribution in [2.75, 3.05) is 31.1 Å². The molecule has 0 radical (unpaired) electrons. The lowest BCUT2D eigenvalue weighted by atomic mass is 10.1. The number of halogens is 1. The number of carbonyl (C=O) groups is 2. The Kier molecular flexibility index (Phi) is 6.11. The highest BCUT2D eigenvalue weighted by atomic mass is 35.5. The number of benzene rings is 1. The van der Waals surface area contributed by atoms with Gasteiger partial charge in [0.2, 0.25) is 11.8 Å². The van der Waals surface area contributed by atoms with Crippen LogP contribution in [0.5, 0.6) is 0 Å². The van der Waals surface area contributed by atoms with Crippen molar-refractivity contribution in [3.8, 4) is 0 Å². The van der Waals surface area contributed by atoms with Crippen molar-refractivity contribution in [1.82, 2.24) is 15.1 Å². The number of aromatic nitrogens is 2. The largest absolute Gasteiger partial charge is 0.408 e. The van der Waals surface area contributed by atoms with Crippen LogP contribution < -0.4 is 4.90 Å². The molecule has 0 N–H and O–H groups in total. The first-order chi connectivity index (χ1) is 13.0. The Balaban J connectivity index is 1.48. The fraction of sp³-hybridized carbons (Fsp3) is 0.474. The fourth-order valence-electron chi connectivity index (χ4n) is 2.94. The summed E-state index contributed by atoms with van der Waals surface area (Å²) in [5.41, 5.74) is 0.467. The van der Waals surface area contributed by atoms with Gasteiger partial charge in [0.1, 0.15) is 0 Å². The summed E-state index contributed by atoms with van der Waals surface area (Å²) in [6, 6.07) is 7.40. The van der Waals surface area contributed by atoms with Gasteiger partial charge in [0, 0.05) is 50.5 Å². The molecule has 1 saturated heterocycles. The van der Waals surface area contributed by atoms with Crippen LogP contribution in [0.25, 0.3) is 0 Å². The summed E-state index contributed by atoms with van der Waals surface area (Å²) in [5, 5.41) is 8.54. The van der Waals surface area contributed by atoms with Gasteiger partial charge in [0.25, 0.3) is 0 Å². The molecule has 3 rings (SSSR count). The van der Waals surface area contributed by atoms with Crippen LogP contribution in [-0.2, 0) is 4.79 Å². The monoisotopic (exact) mass is 390 g/mol. The number of amides is 1. The lowest BCUT2D eigenvalue weighted by Gasteiger charge is -2.33. The van der Waals surface area contributed by atoms with E-state index in [1.165, 1.54) is 0 Å². The Labute approximate surface area is 163 Å². The molecule has 0 spiro atoms. The van der Waals surface area contributed by atoms with E-state index in [0.717, 1.165) is 0 Å². The second-order valence-corrected chi connectivity index (χ2v) is 7.26. The number of carbonyl (C=O) groups excluding carboxylic acids is 2. The van der Waals surface area contributed by atoms with Crippen molar-refractivity contribution in [2.24, 2.45) is 0 Å². The predicted octanol–water partition coefficient (Wildman–Crippen LogP) is 3.16. The van der Waals surface area contributed by atoms with E-state index in [1.807, 2.05) is 18.7 Å². The minimum atomic E-state index is -0.111. The molecule has 2 aromatic rings. The van der Waals surface area contributed by atoms with Crippen LogP contribution in [0.1, 0.15) is 48.9 Å². The van der Waals surface area contributed by atoms with E-state index in [2.05, 4.69) is 10.2 Å². The number of piperazine rings is 1. The third kappa shape index (κ3) is 4.66. The van der Waals surface area contributed by atoms with E-state index >= 15 is 0 Å². The predicted molar refractivity (Wildman–Crippen MR) is 102 cm³/mol. The first-order valence-electron chi connectivity index (χ1n) is 9.09. The Hall–Kier alpha value is -2.41. The van der Waals surface area contributed by atoms with E-state index in [9.17, 15) is 9.59 Å². The summed E-state index contributed by atoms with van der Waals surface area (Å²) in [6.45, 7) is 6.39. The highest BCUT2D eigenvalue weighted by Crippen LogP contribution is 2.20. The zero-order chi connectivity index (χ0) is 19.4. The highest BCUT2D eigenvalue weighted by Gasteiger charge is 2.25. The topological polar surface area (TPSA) is 79.5 Å². The number of ketones is 1. The van der Waals surface area contributed by atoms with Crippen LogP contribution in [0, 0.1) is 0 Å². The number of nitrogens with zero attached hydrogens (tertiary/aromatic N) is 4. The lowest BCUT2D eigenvalue weighted by Crippen LogP contribution is -2.49. The number of hydrogen-bond acceptors (Lipinski definition) is 6. The first kappa shape index (κ1) is 19.4. The van der Waals surface area contributed by atoms with Crippen molar-refractivity contribution in [3.63, 3.8) is 0 Å². The van der Waals surface area contributed by atoms with Gasteiger partial charge < -0.3 is 14.2 Å². The minimum Gasteiger partial charge on any atom is -0.408 e. The zero-order valence-electron chi connectivity index (χ0n) is 15.5. The second-order valence-electron chi connectivity index (χ2n) is 6.85. The average Bonchev–Trinajstić information content (AvgIpc) is 3.17. The first-order valence-corrected chi connectivity index (χ1v) is 9.47. The summed E-state index contributed by atoms with van der Waals surface area (Å²) in [4.78, 5) is 28.4. The molecule has 1 aromatic carbocycles. The SMILES string of the molecule is CC(C)c1nnc(N2CCN(C(=O)CCC(=O)c3ccccc3Cl)CC2)o1. The second kappa shape index (κ2) is 8.52. The summed E-state index contributed by atoms with van der Waals surface area (Å²) in [5.74, 6) is 0.662. The van der Waals surface area contributed by atoms with E-state index in [0.29, 0.717) is 48.7 Å². The molecule has 27 heavy (non-hydrogen) atoms. The molecular weight excluding hydrogens is 368 g/mol. The van der Waals surface area contributed by atoms with Gasteiger partial charge in [-0.3, -0.25) is 9.59 Å². The third-order valence-corrected chi connectivity index (χ3v) is 4.90. The Morgan fingerprint density at radius 3 is 2.44 bits per heavy atom. The van der Waals surface area contributed by atoms with E-state index in [1.54, 1.807) is 29.2 Å². The summed E-state index contributed by atoms with van der Waals surface area (Å²) < 4.78 is 5.66. The van der Waals surface area contributed by atoms with Crippen LogP contribution in [0.4, 0.5) is 6.01 Å². The van der Waals surface area contributed by atoms with Gasteiger partial charge in [-0.25, -0.2) is 0 Å². The fourth-order valence-corrected chi connectivity index (χ4v) is 3.18. The summed E-state index contributed by atoms with van der Waals surface area (Å²) in [6.07, 6.45) is 0.340. The van der Waals surface area contributed by atoms with E-state index in [4.69, 9.17) is 16.0 Å². The van der Waals surface area contributed by atoms with Crippen molar-refractivity contribution in [1.29, 1.82) is 0 Å². The van der Waals surface area contributed by atoms with Crippen LogP contribution >= 0.6 is 11.6 Å². The average molecular weight is 391 g/mol. The standard InChI is InChI=1S/C19H23ClN4O3/c1-13(2)18-21-22-19(27-18)24-11-9-23(10-12-24)17(26)8-7-16(25)14-5-3-4-6-15(14)20/h3-6,13H,7-12H2,1-2H3. The summed E-state index contributed by atoms with van der Waals surface area (Å²) in [7, 11) is 0. The molecule has 8 heteroatoms. The third-order valence-electron chi connectivity index (χ3n) is 4.57. The van der Waals surface area contributed by atoms with Gasteiger partial charge in [-0.05, 0) is 12.1 Å². The molecule has 144 valence electrons. The number of hydrogen-bond donors (Lipinski definition) is 0. The quantitative estimate of drug-likeness (QED) is 0.705. The lowest BCUT2D eigenvalue weighted by molar-refractivity contribution is -0.131. The molecule has 7 nitrogen and oxygen atoms in total. The van der Waals surface area contributed by atoms with Gasteiger partial charge >= 0.3 is 6.01 Å². The molecule has 1 aliphatic rings. The molecule has 1 amide bonds.